The average molecular weight is 422 g/mol. The number of benzene rings is 1. The highest BCUT2D eigenvalue weighted by Gasteiger charge is 2.18. The summed E-state index contributed by atoms with van der Waals surface area (Å²) in [6.07, 6.45) is 5.40. The van der Waals surface area contributed by atoms with Crippen LogP contribution in [-0.2, 0) is 0 Å². The van der Waals surface area contributed by atoms with Gasteiger partial charge >= 0.3 is 0 Å². The van der Waals surface area contributed by atoms with E-state index >= 15 is 0 Å². The first-order valence-corrected chi connectivity index (χ1v) is 10.0. The number of hydrogen-bond donors (Lipinski definition) is 1. The molecule has 0 unspecified atom stereocenters. The molecule has 1 amide bonds. The topological polar surface area (TPSA) is 88.6 Å². The summed E-state index contributed by atoms with van der Waals surface area (Å²) in [5.41, 5.74) is 2.56. The van der Waals surface area contributed by atoms with Crippen LogP contribution in [0.15, 0.2) is 41.2 Å². The molecule has 0 atom stereocenters. The van der Waals surface area contributed by atoms with E-state index in [1.165, 1.54) is 12.1 Å². The van der Waals surface area contributed by atoms with Gasteiger partial charge in [-0.05, 0) is 39.0 Å². The molecular weight excluding hydrogens is 399 g/mol. The fraction of sp³-hybridized carbons (Fsp3) is 0.273. The number of aryl methyl sites for hydroxylation is 2. The molecule has 0 saturated heterocycles. The summed E-state index contributed by atoms with van der Waals surface area (Å²) in [6, 6.07) is 4.32. The van der Waals surface area contributed by atoms with Gasteiger partial charge in [0, 0.05) is 43.7 Å². The zero-order chi connectivity index (χ0) is 22.1. The molecule has 9 heteroatoms. The first-order valence-electron chi connectivity index (χ1n) is 10.0. The van der Waals surface area contributed by atoms with Crippen molar-refractivity contribution in [2.45, 2.75) is 27.7 Å². The van der Waals surface area contributed by atoms with Crippen LogP contribution in [0.1, 0.15) is 36.0 Å². The lowest BCUT2D eigenvalue weighted by molar-refractivity contribution is 0.0994. The molecule has 3 heterocycles. The minimum absolute atomic E-state index is 0.129. The Balaban J connectivity index is 1.65. The van der Waals surface area contributed by atoms with Crippen LogP contribution in [0.25, 0.3) is 17.0 Å². The lowest BCUT2D eigenvalue weighted by Gasteiger charge is -2.20. The summed E-state index contributed by atoms with van der Waals surface area (Å²) in [7, 11) is 0. The van der Waals surface area contributed by atoms with Gasteiger partial charge in [0.1, 0.15) is 5.82 Å². The van der Waals surface area contributed by atoms with Crippen molar-refractivity contribution in [1.82, 2.24) is 19.4 Å². The van der Waals surface area contributed by atoms with Crippen molar-refractivity contribution in [2.75, 3.05) is 23.3 Å². The highest BCUT2D eigenvalue weighted by molar-refractivity contribution is 6.03. The van der Waals surface area contributed by atoms with Crippen LogP contribution in [0, 0.1) is 19.7 Å². The van der Waals surface area contributed by atoms with E-state index in [1.54, 1.807) is 36.7 Å². The predicted octanol–water partition coefficient (Wildman–Crippen LogP) is 4.24. The maximum absolute atomic E-state index is 14.6. The van der Waals surface area contributed by atoms with Crippen molar-refractivity contribution in [2.24, 2.45) is 0 Å². The Morgan fingerprint density at radius 1 is 1.19 bits per heavy atom. The third-order valence-electron chi connectivity index (χ3n) is 5.03. The van der Waals surface area contributed by atoms with Crippen molar-refractivity contribution in [3.05, 3.63) is 60.0 Å². The Kier molecular flexibility index (Phi) is 5.41. The van der Waals surface area contributed by atoms with Gasteiger partial charge in [0.05, 0.1) is 23.3 Å². The molecule has 8 nitrogen and oxygen atoms in total. The number of rotatable bonds is 6. The van der Waals surface area contributed by atoms with Crippen LogP contribution >= 0.6 is 0 Å². The van der Waals surface area contributed by atoms with Gasteiger partial charge in [0.15, 0.2) is 5.89 Å². The standard InChI is InChI=1S/C22H23FN6O2/c1-5-28(6-2)16-10-24-22-27-19(12-29(22)11-16)17-9-15(7-8-18(17)23)26-21(30)20-13(3)25-14(4)31-20/h7-12H,5-6H2,1-4H3,(H,26,30). The third kappa shape index (κ3) is 3.98. The highest BCUT2D eigenvalue weighted by Crippen LogP contribution is 2.27. The van der Waals surface area contributed by atoms with Crippen LogP contribution in [0.4, 0.5) is 15.8 Å². The molecule has 0 aliphatic rings. The smallest absolute Gasteiger partial charge is 0.293 e. The quantitative estimate of drug-likeness (QED) is 0.500. The van der Waals surface area contributed by atoms with Gasteiger partial charge in [0.2, 0.25) is 11.5 Å². The minimum Gasteiger partial charge on any atom is -0.436 e. The molecule has 0 saturated carbocycles. The maximum atomic E-state index is 14.6. The third-order valence-corrected chi connectivity index (χ3v) is 5.03. The van der Waals surface area contributed by atoms with Crippen LogP contribution in [0.5, 0.6) is 0 Å². The van der Waals surface area contributed by atoms with Gasteiger partial charge in [-0.2, -0.15) is 0 Å². The molecule has 0 bridgehead atoms. The van der Waals surface area contributed by atoms with Gasteiger partial charge in [-0.1, -0.05) is 0 Å². The molecule has 0 spiro atoms. The molecule has 1 N–H and O–H groups in total. The fourth-order valence-electron chi connectivity index (χ4n) is 3.49. The number of halogens is 1. The Morgan fingerprint density at radius 3 is 2.65 bits per heavy atom. The largest absolute Gasteiger partial charge is 0.436 e. The zero-order valence-corrected chi connectivity index (χ0v) is 17.8. The zero-order valence-electron chi connectivity index (χ0n) is 17.8. The second-order valence-electron chi connectivity index (χ2n) is 7.11. The summed E-state index contributed by atoms with van der Waals surface area (Å²) in [5, 5.41) is 2.73. The summed E-state index contributed by atoms with van der Waals surface area (Å²) in [4.78, 5) is 27.6. The van der Waals surface area contributed by atoms with E-state index in [-0.39, 0.29) is 11.3 Å². The van der Waals surface area contributed by atoms with E-state index < -0.39 is 11.7 Å². The molecule has 4 aromatic rings. The summed E-state index contributed by atoms with van der Waals surface area (Å²) in [5.74, 6) is 0.105. The van der Waals surface area contributed by atoms with Gasteiger partial charge in [-0.25, -0.2) is 19.3 Å². The molecular formula is C22H23FN6O2. The Labute approximate surface area is 178 Å². The number of carbonyl (C=O) groups excluding carboxylic acids is 1. The number of aromatic nitrogens is 4. The van der Waals surface area contributed by atoms with Gasteiger partial charge in [-0.3, -0.25) is 9.20 Å². The second kappa shape index (κ2) is 8.17. The number of nitrogens with one attached hydrogen (secondary N) is 1. The van der Waals surface area contributed by atoms with E-state index in [1.807, 2.05) is 6.20 Å². The van der Waals surface area contributed by atoms with Gasteiger partial charge in [-0.15, -0.1) is 0 Å². The number of carbonyl (C=O) groups is 1. The second-order valence-corrected chi connectivity index (χ2v) is 7.11. The van der Waals surface area contributed by atoms with Gasteiger partial charge in [0.25, 0.3) is 5.91 Å². The predicted molar refractivity (Wildman–Crippen MR) is 116 cm³/mol. The molecule has 1 aromatic carbocycles. The SMILES string of the molecule is CCN(CC)c1cnc2nc(-c3cc(NC(=O)c4oc(C)nc4C)ccc3F)cn2c1. The number of hydrogen-bond acceptors (Lipinski definition) is 6. The molecule has 3 aromatic heterocycles. The maximum Gasteiger partial charge on any atom is 0.293 e. The van der Waals surface area contributed by atoms with Crippen LogP contribution < -0.4 is 10.2 Å². The van der Waals surface area contributed by atoms with Crippen LogP contribution in [0.3, 0.4) is 0 Å². The highest BCUT2D eigenvalue weighted by atomic mass is 19.1. The van der Waals surface area contributed by atoms with E-state index in [2.05, 4.69) is 39.0 Å². The first-order chi connectivity index (χ1) is 14.9. The van der Waals surface area contributed by atoms with Crippen molar-refractivity contribution in [3.63, 3.8) is 0 Å². The number of nitrogens with zero attached hydrogens (tertiary/aromatic N) is 5. The summed E-state index contributed by atoms with van der Waals surface area (Å²) < 4.78 is 21.7. The fourth-order valence-corrected chi connectivity index (χ4v) is 3.49. The van der Waals surface area contributed by atoms with Crippen LogP contribution in [-0.4, -0.2) is 38.3 Å². The number of oxazole rings is 1. The van der Waals surface area contributed by atoms with E-state index in [9.17, 15) is 9.18 Å². The van der Waals surface area contributed by atoms with E-state index in [0.29, 0.717) is 28.7 Å². The number of fused-ring (bicyclic) bond motifs is 1. The van der Waals surface area contributed by atoms with Crippen molar-refractivity contribution in [1.29, 1.82) is 0 Å². The molecule has 31 heavy (non-hydrogen) atoms. The van der Waals surface area contributed by atoms with E-state index in [4.69, 9.17) is 4.42 Å². The number of amides is 1. The van der Waals surface area contributed by atoms with Crippen molar-refractivity contribution >= 4 is 23.1 Å². The lowest BCUT2D eigenvalue weighted by Crippen LogP contribution is -2.22. The number of imidazole rings is 1. The Bertz CT molecular complexity index is 1260. The Hall–Kier alpha value is -3.75. The number of anilines is 2. The molecule has 0 aliphatic carbocycles. The van der Waals surface area contributed by atoms with E-state index in [0.717, 1.165) is 18.8 Å². The molecule has 4 rings (SSSR count). The van der Waals surface area contributed by atoms with Gasteiger partial charge < -0.3 is 14.6 Å². The minimum atomic E-state index is -0.448. The summed E-state index contributed by atoms with van der Waals surface area (Å²) in [6.45, 7) is 9.21. The normalized spacial score (nSPS) is 11.1. The monoisotopic (exact) mass is 422 g/mol. The molecule has 160 valence electrons. The summed E-state index contributed by atoms with van der Waals surface area (Å²) >= 11 is 0. The van der Waals surface area contributed by atoms with Crippen LogP contribution in [0.2, 0.25) is 0 Å². The molecule has 0 radical (unpaired) electrons. The molecule has 0 fully saturated rings. The van der Waals surface area contributed by atoms with Crippen molar-refractivity contribution < 1.29 is 13.6 Å². The Morgan fingerprint density at radius 2 is 1.97 bits per heavy atom. The first kappa shape index (κ1) is 20.5. The average Bonchev–Trinajstić information content (AvgIpc) is 3.32. The lowest BCUT2D eigenvalue weighted by atomic mass is 10.1. The molecule has 0 aliphatic heterocycles. The van der Waals surface area contributed by atoms with Crippen molar-refractivity contribution in [3.8, 4) is 11.3 Å².